The molecule has 94 valence electrons. The maximum atomic E-state index is 6.02. The molecule has 2 fully saturated rings. The maximum Gasteiger partial charge on any atom is 0.170 e. The van der Waals surface area contributed by atoms with Crippen LogP contribution in [-0.4, -0.2) is 43.3 Å². The second-order valence-electron chi connectivity index (χ2n) is 5.80. The van der Waals surface area contributed by atoms with Crippen molar-refractivity contribution in [2.45, 2.75) is 57.6 Å². The van der Waals surface area contributed by atoms with Gasteiger partial charge >= 0.3 is 0 Å². The molecule has 0 aromatic rings. The van der Waals surface area contributed by atoms with Crippen LogP contribution in [0.2, 0.25) is 0 Å². The summed E-state index contributed by atoms with van der Waals surface area (Å²) in [6, 6.07) is 0.357. The Bertz CT molecular complexity index is 247. The first-order valence-electron chi connectivity index (χ1n) is 6.06. The summed E-state index contributed by atoms with van der Waals surface area (Å²) in [5, 5.41) is 3.49. The van der Waals surface area contributed by atoms with Gasteiger partial charge in [0.05, 0.1) is 24.4 Å². The normalized spacial score (nSPS) is 33.4. The highest BCUT2D eigenvalue weighted by Gasteiger charge is 2.45. The Morgan fingerprint density at radius 3 is 2.25 bits per heavy atom. The van der Waals surface area contributed by atoms with Crippen molar-refractivity contribution in [2.75, 3.05) is 19.8 Å². The summed E-state index contributed by atoms with van der Waals surface area (Å²) in [6.45, 7) is 10.7. The van der Waals surface area contributed by atoms with E-state index in [2.05, 4.69) is 33.0 Å². The Balaban J connectivity index is 1.84. The molecule has 2 aliphatic rings. The van der Waals surface area contributed by atoms with Crippen LogP contribution in [0, 0.1) is 0 Å². The number of hydrogen-bond acceptors (Lipinski definition) is 4. The molecule has 4 nitrogen and oxygen atoms in total. The third kappa shape index (κ3) is 2.74. The largest absolute Gasteiger partial charge is 0.368 e. The minimum absolute atomic E-state index is 0.0431. The number of ether oxygens (including phenoxy) is 3. The quantitative estimate of drug-likeness (QED) is 0.791. The van der Waals surface area contributed by atoms with Crippen LogP contribution in [0.15, 0.2) is 0 Å². The van der Waals surface area contributed by atoms with Crippen LogP contribution in [-0.2, 0) is 14.2 Å². The fraction of sp³-hybridized carbons (Fsp3) is 1.00. The summed E-state index contributed by atoms with van der Waals surface area (Å²) >= 11 is 0. The standard InChI is InChI=1S/C12H23NO3/c1-11(2)7-9(12(3,4)16-11)13-8-10-14-5-6-15-10/h9-10,13H,5-8H2,1-4H3/t9-/m1/s1. The van der Waals surface area contributed by atoms with Gasteiger partial charge in [0.15, 0.2) is 6.29 Å². The highest BCUT2D eigenvalue weighted by molar-refractivity contribution is 4.98. The van der Waals surface area contributed by atoms with Gasteiger partial charge in [-0.1, -0.05) is 0 Å². The van der Waals surface area contributed by atoms with Crippen LogP contribution in [0.4, 0.5) is 0 Å². The third-order valence-corrected chi connectivity index (χ3v) is 3.30. The average molecular weight is 229 g/mol. The van der Waals surface area contributed by atoms with E-state index >= 15 is 0 Å². The Labute approximate surface area is 97.6 Å². The zero-order valence-corrected chi connectivity index (χ0v) is 10.7. The first-order chi connectivity index (χ1) is 7.39. The van der Waals surface area contributed by atoms with Crippen LogP contribution in [0.1, 0.15) is 34.1 Å². The lowest BCUT2D eigenvalue weighted by molar-refractivity contribution is -0.0742. The van der Waals surface area contributed by atoms with Crippen LogP contribution in [0.25, 0.3) is 0 Å². The van der Waals surface area contributed by atoms with E-state index in [1.165, 1.54) is 0 Å². The van der Waals surface area contributed by atoms with E-state index in [9.17, 15) is 0 Å². The molecule has 0 amide bonds. The number of hydrogen-bond donors (Lipinski definition) is 1. The van der Waals surface area contributed by atoms with Crippen molar-refractivity contribution in [2.24, 2.45) is 0 Å². The van der Waals surface area contributed by atoms with Crippen LogP contribution in [0.5, 0.6) is 0 Å². The van der Waals surface area contributed by atoms with Gasteiger partial charge in [0, 0.05) is 12.6 Å². The summed E-state index contributed by atoms with van der Waals surface area (Å²) in [4.78, 5) is 0. The van der Waals surface area contributed by atoms with Crippen LogP contribution < -0.4 is 5.32 Å². The molecule has 2 rings (SSSR count). The van der Waals surface area contributed by atoms with E-state index in [0.717, 1.165) is 13.0 Å². The summed E-state index contributed by atoms with van der Waals surface area (Å²) in [6.07, 6.45) is 0.937. The van der Waals surface area contributed by atoms with Gasteiger partial charge in [-0.2, -0.15) is 0 Å². The van der Waals surface area contributed by atoms with Crippen molar-refractivity contribution in [3.63, 3.8) is 0 Å². The summed E-state index contributed by atoms with van der Waals surface area (Å²) in [7, 11) is 0. The fourth-order valence-corrected chi connectivity index (χ4v) is 2.64. The highest BCUT2D eigenvalue weighted by atomic mass is 16.7. The fourth-order valence-electron chi connectivity index (χ4n) is 2.64. The van der Waals surface area contributed by atoms with E-state index < -0.39 is 0 Å². The molecule has 2 saturated heterocycles. The van der Waals surface area contributed by atoms with Crippen molar-refractivity contribution in [1.29, 1.82) is 0 Å². The summed E-state index contributed by atoms with van der Waals surface area (Å²) < 4.78 is 16.8. The second kappa shape index (κ2) is 4.26. The van der Waals surface area contributed by atoms with Crippen molar-refractivity contribution >= 4 is 0 Å². The van der Waals surface area contributed by atoms with E-state index in [1.54, 1.807) is 0 Å². The van der Waals surface area contributed by atoms with Crippen molar-refractivity contribution in [3.05, 3.63) is 0 Å². The Hall–Kier alpha value is -0.160. The van der Waals surface area contributed by atoms with Gasteiger partial charge in [0.1, 0.15) is 0 Å². The van der Waals surface area contributed by atoms with E-state index in [4.69, 9.17) is 14.2 Å². The minimum atomic E-state index is -0.123. The van der Waals surface area contributed by atoms with Gasteiger partial charge in [-0.3, -0.25) is 0 Å². The number of nitrogens with one attached hydrogen (secondary N) is 1. The van der Waals surface area contributed by atoms with Gasteiger partial charge in [-0.15, -0.1) is 0 Å². The molecule has 0 spiro atoms. The smallest absolute Gasteiger partial charge is 0.170 e. The average Bonchev–Trinajstić information content (AvgIpc) is 2.67. The SMILES string of the molecule is CC1(C)C[C@@H](NCC2OCCO2)C(C)(C)O1. The Morgan fingerprint density at radius 2 is 1.75 bits per heavy atom. The maximum absolute atomic E-state index is 6.02. The zero-order chi connectivity index (χ0) is 11.8. The Morgan fingerprint density at radius 1 is 1.12 bits per heavy atom. The zero-order valence-electron chi connectivity index (χ0n) is 10.7. The molecule has 16 heavy (non-hydrogen) atoms. The first kappa shape index (κ1) is 12.3. The molecule has 0 aliphatic carbocycles. The molecular weight excluding hydrogens is 206 g/mol. The molecule has 1 atom stereocenters. The van der Waals surface area contributed by atoms with Crippen molar-refractivity contribution < 1.29 is 14.2 Å². The van der Waals surface area contributed by atoms with Crippen molar-refractivity contribution in [3.8, 4) is 0 Å². The highest BCUT2D eigenvalue weighted by Crippen LogP contribution is 2.37. The van der Waals surface area contributed by atoms with Crippen LogP contribution >= 0.6 is 0 Å². The summed E-state index contributed by atoms with van der Waals surface area (Å²) in [5.74, 6) is 0. The van der Waals surface area contributed by atoms with Gasteiger partial charge in [0.2, 0.25) is 0 Å². The van der Waals surface area contributed by atoms with Gasteiger partial charge < -0.3 is 19.5 Å². The lowest BCUT2D eigenvalue weighted by atomic mass is 9.94. The number of rotatable bonds is 3. The summed E-state index contributed by atoms with van der Waals surface area (Å²) in [5.41, 5.74) is -0.166. The van der Waals surface area contributed by atoms with Gasteiger partial charge in [0.25, 0.3) is 0 Å². The molecule has 4 heteroatoms. The molecule has 2 heterocycles. The van der Waals surface area contributed by atoms with Gasteiger partial charge in [-0.25, -0.2) is 0 Å². The van der Waals surface area contributed by atoms with Crippen molar-refractivity contribution in [1.82, 2.24) is 5.32 Å². The molecule has 0 aromatic heterocycles. The molecular formula is C12H23NO3. The molecule has 1 N–H and O–H groups in total. The molecule has 2 aliphatic heterocycles. The van der Waals surface area contributed by atoms with E-state index in [-0.39, 0.29) is 17.5 Å². The van der Waals surface area contributed by atoms with Crippen LogP contribution in [0.3, 0.4) is 0 Å². The molecule has 0 unspecified atom stereocenters. The monoisotopic (exact) mass is 229 g/mol. The minimum Gasteiger partial charge on any atom is -0.368 e. The molecule has 0 radical (unpaired) electrons. The lowest BCUT2D eigenvalue weighted by Gasteiger charge is -2.28. The molecule has 0 saturated carbocycles. The third-order valence-electron chi connectivity index (χ3n) is 3.30. The van der Waals surface area contributed by atoms with Gasteiger partial charge in [-0.05, 0) is 34.1 Å². The van der Waals surface area contributed by atoms with E-state index in [0.29, 0.717) is 19.3 Å². The predicted octanol–water partition coefficient (Wildman–Crippen LogP) is 1.29. The van der Waals surface area contributed by atoms with E-state index in [1.807, 2.05) is 0 Å². The molecule has 0 aromatic carbocycles. The topological polar surface area (TPSA) is 39.7 Å². The second-order valence-corrected chi connectivity index (χ2v) is 5.80. The first-order valence-corrected chi connectivity index (χ1v) is 6.06. The lowest BCUT2D eigenvalue weighted by Crippen LogP contribution is -2.46. The predicted molar refractivity (Wildman–Crippen MR) is 61.3 cm³/mol. The Kier molecular flexibility index (Phi) is 3.27. The molecule has 0 bridgehead atoms.